The number of esters is 1. The third-order valence-corrected chi connectivity index (χ3v) is 4.41. The molecule has 0 aliphatic heterocycles. The zero-order chi connectivity index (χ0) is 15.5. The maximum atomic E-state index is 11.3. The number of ether oxygens (including phenoxy) is 1. The molecule has 0 amide bonds. The Morgan fingerprint density at radius 1 is 1.32 bits per heavy atom. The zero-order valence-corrected chi connectivity index (χ0v) is 13.4. The molecule has 0 radical (unpaired) electrons. The Kier molecular flexibility index (Phi) is 4.27. The third-order valence-electron chi connectivity index (χ3n) is 3.15. The molecule has 3 aromatic rings. The van der Waals surface area contributed by atoms with Crippen molar-refractivity contribution in [3.05, 3.63) is 53.1 Å². The van der Waals surface area contributed by atoms with E-state index in [-0.39, 0.29) is 12.4 Å². The summed E-state index contributed by atoms with van der Waals surface area (Å²) >= 11 is 7.83. The monoisotopic (exact) mass is 332 g/mol. The molecule has 0 fully saturated rings. The van der Waals surface area contributed by atoms with E-state index in [1.54, 1.807) is 17.4 Å². The molecular formula is C16H13ClN2O2S. The number of benzene rings is 2. The highest BCUT2D eigenvalue weighted by atomic mass is 35.5. The van der Waals surface area contributed by atoms with Gasteiger partial charge in [-0.3, -0.25) is 4.79 Å². The first-order chi connectivity index (χ1) is 10.7. The van der Waals surface area contributed by atoms with E-state index in [4.69, 9.17) is 11.6 Å². The van der Waals surface area contributed by atoms with Gasteiger partial charge in [-0.25, -0.2) is 4.98 Å². The highest BCUT2D eigenvalue weighted by molar-refractivity contribution is 7.22. The second kappa shape index (κ2) is 6.34. The second-order valence-corrected chi connectivity index (χ2v) is 6.12. The van der Waals surface area contributed by atoms with Gasteiger partial charge in [0.2, 0.25) is 0 Å². The van der Waals surface area contributed by atoms with Crippen molar-refractivity contribution in [2.24, 2.45) is 0 Å². The first-order valence-electron chi connectivity index (χ1n) is 6.63. The van der Waals surface area contributed by atoms with Crippen LogP contribution in [0.15, 0.2) is 42.5 Å². The molecule has 3 rings (SSSR count). The molecule has 6 heteroatoms. The Morgan fingerprint density at radius 2 is 2.14 bits per heavy atom. The number of carbonyl (C=O) groups excluding carboxylic acids is 1. The number of halogens is 1. The van der Waals surface area contributed by atoms with Gasteiger partial charge < -0.3 is 10.1 Å². The lowest BCUT2D eigenvalue weighted by Gasteiger charge is -2.07. The highest BCUT2D eigenvalue weighted by Crippen LogP contribution is 2.31. The lowest BCUT2D eigenvalue weighted by atomic mass is 10.1. The molecule has 0 saturated heterocycles. The summed E-state index contributed by atoms with van der Waals surface area (Å²) in [6.07, 6.45) is 0.206. The van der Waals surface area contributed by atoms with Gasteiger partial charge in [0, 0.05) is 0 Å². The van der Waals surface area contributed by atoms with Crippen LogP contribution in [0.25, 0.3) is 10.2 Å². The van der Waals surface area contributed by atoms with Crippen molar-refractivity contribution in [2.75, 3.05) is 12.4 Å². The highest BCUT2D eigenvalue weighted by Gasteiger charge is 2.09. The minimum Gasteiger partial charge on any atom is -0.469 e. The van der Waals surface area contributed by atoms with Gasteiger partial charge in [-0.2, -0.15) is 0 Å². The van der Waals surface area contributed by atoms with Crippen LogP contribution in [-0.4, -0.2) is 18.1 Å². The van der Waals surface area contributed by atoms with Gasteiger partial charge in [0.25, 0.3) is 0 Å². The van der Waals surface area contributed by atoms with E-state index >= 15 is 0 Å². The summed E-state index contributed by atoms with van der Waals surface area (Å²) in [6, 6.07) is 13.4. The number of nitrogens with one attached hydrogen (secondary N) is 1. The Labute approximate surface area is 136 Å². The van der Waals surface area contributed by atoms with Crippen LogP contribution in [0.5, 0.6) is 0 Å². The lowest BCUT2D eigenvalue weighted by Crippen LogP contribution is -2.04. The topological polar surface area (TPSA) is 51.2 Å². The number of nitrogens with zero attached hydrogens (tertiary/aromatic N) is 1. The largest absolute Gasteiger partial charge is 0.469 e. The molecule has 1 heterocycles. The first-order valence-corrected chi connectivity index (χ1v) is 7.83. The molecule has 1 aromatic heterocycles. The fraction of sp³-hybridized carbons (Fsp3) is 0.125. The zero-order valence-electron chi connectivity index (χ0n) is 11.8. The van der Waals surface area contributed by atoms with Crippen molar-refractivity contribution in [3.63, 3.8) is 0 Å². The smallest absolute Gasteiger partial charge is 0.309 e. The first kappa shape index (κ1) is 14.8. The fourth-order valence-corrected chi connectivity index (χ4v) is 3.18. The Hall–Kier alpha value is -2.11. The predicted octanol–water partition coefficient (Wildman–Crippen LogP) is 4.41. The standard InChI is InChI=1S/C16H13ClN2O2S/c1-21-15(20)9-10-6-7-12(11(17)8-10)18-16-19-13-4-2-3-5-14(13)22-16/h2-8H,9H2,1H3,(H,18,19). The molecular weight excluding hydrogens is 320 g/mol. The number of rotatable bonds is 4. The Bertz CT molecular complexity index is 799. The molecule has 4 nitrogen and oxygen atoms in total. The van der Waals surface area contributed by atoms with Crippen LogP contribution in [0.3, 0.4) is 0 Å². The number of fused-ring (bicyclic) bond motifs is 1. The lowest BCUT2D eigenvalue weighted by molar-refractivity contribution is -0.139. The molecule has 0 aliphatic carbocycles. The third kappa shape index (κ3) is 3.21. The second-order valence-electron chi connectivity index (χ2n) is 4.68. The Morgan fingerprint density at radius 3 is 2.86 bits per heavy atom. The summed E-state index contributed by atoms with van der Waals surface area (Å²) < 4.78 is 5.76. The van der Waals surface area contributed by atoms with E-state index in [1.807, 2.05) is 36.4 Å². The Balaban J connectivity index is 1.81. The molecule has 1 N–H and O–H groups in total. The van der Waals surface area contributed by atoms with E-state index < -0.39 is 0 Å². The molecule has 0 unspecified atom stereocenters. The van der Waals surface area contributed by atoms with Crippen molar-refractivity contribution in [1.29, 1.82) is 0 Å². The minimum atomic E-state index is -0.289. The summed E-state index contributed by atoms with van der Waals surface area (Å²) in [5.41, 5.74) is 2.52. The van der Waals surface area contributed by atoms with Gasteiger partial charge in [0.15, 0.2) is 5.13 Å². The van der Waals surface area contributed by atoms with E-state index in [2.05, 4.69) is 15.0 Å². The van der Waals surface area contributed by atoms with Crippen LogP contribution < -0.4 is 5.32 Å². The van der Waals surface area contributed by atoms with Crippen LogP contribution in [0, 0.1) is 0 Å². The molecule has 2 aromatic carbocycles. The average Bonchev–Trinajstić information content (AvgIpc) is 2.92. The van der Waals surface area contributed by atoms with E-state index in [0.29, 0.717) is 5.02 Å². The van der Waals surface area contributed by atoms with E-state index in [1.165, 1.54) is 7.11 Å². The quantitative estimate of drug-likeness (QED) is 0.719. The van der Waals surface area contributed by atoms with Gasteiger partial charge in [-0.05, 0) is 29.8 Å². The minimum absolute atomic E-state index is 0.206. The molecule has 0 bridgehead atoms. The van der Waals surface area contributed by atoms with Gasteiger partial charge >= 0.3 is 5.97 Å². The molecule has 0 atom stereocenters. The van der Waals surface area contributed by atoms with Crippen LogP contribution in [0.4, 0.5) is 10.8 Å². The van der Waals surface area contributed by atoms with Crippen molar-refractivity contribution >= 4 is 49.9 Å². The molecule has 112 valence electrons. The summed E-state index contributed by atoms with van der Waals surface area (Å²) in [5, 5.41) is 4.54. The van der Waals surface area contributed by atoms with Gasteiger partial charge in [-0.15, -0.1) is 0 Å². The SMILES string of the molecule is COC(=O)Cc1ccc(Nc2nc3ccccc3s2)c(Cl)c1. The normalized spacial score (nSPS) is 10.6. The van der Waals surface area contributed by atoms with Crippen molar-refractivity contribution in [3.8, 4) is 0 Å². The molecule has 0 aliphatic rings. The molecule has 22 heavy (non-hydrogen) atoms. The maximum Gasteiger partial charge on any atom is 0.309 e. The number of carbonyl (C=O) groups is 1. The van der Waals surface area contributed by atoms with Crippen LogP contribution >= 0.6 is 22.9 Å². The van der Waals surface area contributed by atoms with Crippen molar-refractivity contribution < 1.29 is 9.53 Å². The van der Waals surface area contributed by atoms with Crippen LogP contribution in [-0.2, 0) is 16.0 Å². The summed E-state index contributed by atoms with van der Waals surface area (Å²) in [5.74, 6) is -0.289. The van der Waals surface area contributed by atoms with Crippen LogP contribution in [0.1, 0.15) is 5.56 Å². The van der Waals surface area contributed by atoms with Gasteiger partial charge in [0.05, 0.1) is 34.5 Å². The number of aromatic nitrogens is 1. The maximum absolute atomic E-state index is 11.3. The number of methoxy groups -OCH3 is 1. The number of anilines is 2. The fourth-order valence-electron chi connectivity index (χ4n) is 2.05. The van der Waals surface area contributed by atoms with Crippen LogP contribution in [0.2, 0.25) is 5.02 Å². The molecule has 0 saturated carbocycles. The van der Waals surface area contributed by atoms with E-state index in [0.717, 1.165) is 26.6 Å². The summed E-state index contributed by atoms with van der Waals surface area (Å²) in [6.45, 7) is 0. The average molecular weight is 333 g/mol. The van der Waals surface area contributed by atoms with Gasteiger partial charge in [0.1, 0.15) is 0 Å². The van der Waals surface area contributed by atoms with Crippen molar-refractivity contribution in [1.82, 2.24) is 4.98 Å². The summed E-state index contributed by atoms with van der Waals surface area (Å²) in [4.78, 5) is 15.8. The van der Waals surface area contributed by atoms with E-state index in [9.17, 15) is 4.79 Å². The number of hydrogen-bond donors (Lipinski definition) is 1. The predicted molar refractivity (Wildman–Crippen MR) is 90.1 cm³/mol. The number of hydrogen-bond acceptors (Lipinski definition) is 5. The number of thiazole rings is 1. The number of para-hydroxylation sites is 1. The molecule has 0 spiro atoms. The van der Waals surface area contributed by atoms with Gasteiger partial charge in [-0.1, -0.05) is 41.1 Å². The van der Waals surface area contributed by atoms with Crippen molar-refractivity contribution in [2.45, 2.75) is 6.42 Å². The summed E-state index contributed by atoms with van der Waals surface area (Å²) in [7, 11) is 1.37.